The number of sulfonamides is 1. The summed E-state index contributed by atoms with van der Waals surface area (Å²) in [5, 5.41) is 3.10. The van der Waals surface area contributed by atoms with Crippen LogP contribution in [0.5, 0.6) is 0 Å². The first-order chi connectivity index (χ1) is 7.45. The first kappa shape index (κ1) is 13.0. The zero-order chi connectivity index (χ0) is 12.2. The molecule has 1 rings (SSSR count). The van der Waals surface area contributed by atoms with Gasteiger partial charge in [-0.25, -0.2) is 13.1 Å². The predicted octanol–water partition coefficient (Wildman–Crippen LogP) is 0.354. The second-order valence-corrected chi connectivity index (χ2v) is 5.48. The highest BCUT2D eigenvalue weighted by atomic mass is 32.2. The smallest absolute Gasteiger partial charge is 0.240 e. The summed E-state index contributed by atoms with van der Waals surface area (Å²) in [7, 11) is -1.96. The van der Waals surface area contributed by atoms with Crippen molar-refractivity contribution in [2.45, 2.75) is 17.9 Å². The molecule has 1 aromatic carbocycles. The molecule has 1 atom stereocenters. The van der Waals surface area contributed by atoms with Gasteiger partial charge in [0, 0.05) is 18.3 Å². The molecule has 0 aliphatic rings. The van der Waals surface area contributed by atoms with Crippen molar-refractivity contribution < 1.29 is 8.42 Å². The van der Waals surface area contributed by atoms with E-state index in [9.17, 15) is 8.42 Å². The first-order valence-electron chi connectivity index (χ1n) is 4.99. The van der Waals surface area contributed by atoms with E-state index >= 15 is 0 Å². The van der Waals surface area contributed by atoms with Gasteiger partial charge in [-0.15, -0.1) is 0 Å². The van der Waals surface area contributed by atoms with E-state index in [4.69, 9.17) is 5.73 Å². The molecule has 0 heterocycles. The van der Waals surface area contributed by atoms with E-state index in [0.29, 0.717) is 6.54 Å². The molecule has 5 nitrogen and oxygen atoms in total. The van der Waals surface area contributed by atoms with Gasteiger partial charge in [0.2, 0.25) is 10.0 Å². The van der Waals surface area contributed by atoms with Gasteiger partial charge < -0.3 is 11.1 Å². The molecule has 16 heavy (non-hydrogen) atoms. The second-order valence-electron chi connectivity index (χ2n) is 3.59. The van der Waals surface area contributed by atoms with E-state index in [2.05, 4.69) is 10.0 Å². The third-order valence-corrected chi connectivity index (χ3v) is 3.49. The maximum absolute atomic E-state index is 11.4. The van der Waals surface area contributed by atoms with E-state index in [1.165, 1.54) is 7.05 Å². The summed E-state index contributed by atoms with van der Waals surface area (Å²) in [6, 6.07) is 6.59. The lowest BCUT2D eigenvalue weighted by atomic mass is 10.3. The molecular weight excluding hydrogens is 226 g/mol. The lowest BCUT2D eigenvalue weighted by molar-refractivity contribution is 0.588. The van der Waals surface area contributed by atoms with Crippen LogP contribution in [0.15, 0.2) is 29.2 Å². The maximum atomic E-state index is 11.4. The molecular formula is C10H17N3O2S. The van der Waals surface area contributed by atoms with Gasteiger partial charge >= 0.3 is 0 Å². The van der Waals surface area contributed by atoms with Crippen LogP contribution in [0.4, 0.5) is 5.69 Å². The molecule has 1 unspecified atom stereocenters. The van der Waals surface area contributed by atoms with Gasteiger partial charge in [0.05, 0.1) is 4.90 Å². The summed E-state index contributed by atoms with van der Waals surface area (Å²) in [4.78, 5) is 0.251. The van der Waals surface area contributed by atoms with E-state index in [1.54, 1.807) is 24.3 Å². The molecule has 0 radical (unpaired) electrons. The van der Waals surface area contributed by atoms with Crippen LogP contribution in [0.3, 0.4) is 0 Å². The van der Waals surface area contributed by atoms with E-state index in [-0.39, 0.29) is 10.9 Å². The van der Waals surface area contributed by atoms with Gasteiger partial charge in [0.15, 0.2) is 0 Å². The molecule has 0 spiro atoms. The summed E-state index contributed by atoms with van der Waals surface area (Å²) in [5.74, 6) is 0. The Balaban J connectivity index is 2.76. The number of rotatable bonds is 5. The maximum Gasteiger partial charge on any atom is 0.240 e. The molecule has 0 saturated carbocycles. The highest BCUT2D eigenvalue weighted by Gasteiger charge is 2.10. The minimum Gasteiger partial charge on any atom is -0.383 e. The number of anilines is 1. The fourth-order valence-electron chi connectivity index (χ4n) is 1.15. The van der Waals surface area contributed by atoms with Crippen molar-refractivity contribution in [1.82, 2.24) is 4.72 Å². The molecule has 6 heteroatoms. The SMILES string of the molecule is CNS(=O)(=O)c1ccc(NCC(C)N)cc1. The molecule has 0 bridgehead atoms. The summed E-state index contributed by atoms with van der Waals surface area (Å²) >= 11 is 0. The van der Waals surface area contributed by atoms with Crippen molar-refractivity contribution in [2.75, 3.05) is 18.9 Å². The number of nitrogens with two attached hydrogens (primary N) is 1. The summed E-state index contributed by atoms with van der Waals surface area (Å²) in [6.45, 7) is 2.55. The van der Waals surface area contributed by atoms with Crippen LogP contribution in [0.1, 0.15) is 6.92 Å². The lowest BCUT2D eigenvalue weighted by Gasteiger charge is -2.09. The Morgan fingerprint density at radius 1 is 1.31 bits per heavy atom. The highest BCUT2D eigenvalue weighted by Crippen LogP contribution is 2.13. The zero-order valence-electron chi connectivity index (χ0n) is 9.40. The van der Waals surface area contributed by atoms with Crippen LogP contribution in [-0.2, 0) is 10.0 Å². The highest BCUT2D eigenvalue weighted by molar-refractivity contribution is 7.89. The number of nitrogens with one attached hydrogen (secondary N) is 2. The van der Waals surface area contributed by atoms with E-state index < -0.39 is 10.0 Å². The Bertz CT molecular complexity index is 426. The molecule has 1 aromatic rings. The fourth-order valence-corrected chi connectivity index (χ4v) is 1.88. The average Bonchev–Trinajstić information content (AvgIpc) is 2.27. The van der Waals surface area contributed by atoms with Crippen molar-refractivity contribution in [3.8, 4) is 0 Å². The van der Waals surface area contributed by atoms with Crippen molar-refractivity contribution in [2.24, 2.45) is 5.73 Å². The largest absolute Gasteiger partial charge is 0.383 e. The van der Waals surface area contributed by atoms with Crippen molar-refractivity contribution in [3.05, 3.63) is 24.3 Å². The van der Waals surface area contributed by atoms with Crippen molar-refractivity contribution in [3.63, 3.8) is 0 Å². The molecule has 0 saturated heterocycles. The number of hydrogen-bond acceptors (Lipinski definition) is 4. The van der Waals surface area contributed by atoms with E-state index in [0.717, 1.165) is 5.69 Å². The number of benzene rings is 1. The molecule has 0 fully saturated rings. The summed E-state index contributed by atoms with van der Waals surface area (Å²) in [5.41, 5.74) is 6.45. The van der Waals surface area contributed by atoms with Crippen molar-refractivity contribution >= 4 is 15.7 Å². The van der Waals surface area contributed by atoms with Gasteiger partial charge in [-0.2, -0.15) is 0 Å². The lowest BCUT2D eigenvalue weighted by Crippen LogP contribution is -2.25. The zero-order valence-corrected chi connectivity index (χ0v) is 10.2. The van der Waals surface area contributed by atoms with Gasteiger partial charge in [-0.3, -0.25) is 0 Å². The summed E-state index contributed by atoms with van der Waals surface area (Å²) in [6.07, 6.45) is 0. The Hall–Kier alpha value is -1.11. The molecule has 90 valence electrons. The second kappa shape index (κ2) is 5.29. The molecule has 0 aromatic heterocycles. The summed E-state index contributed by atoms with van der Waals surface area (Å²) < 4.78 is 25.1. The topological polar surface area (TPSA) is 84.2 Å². The predicted molar refractivity (Wildman–Crippen MR) is 64.8 cm³/mol. The first-order valence-corrected chi connectivity index (χ1v) is 6.47. The van der Waals surface area contributed by atoms with Gasteiger partial charge in [0.25, 0.3) is 0 Å². The van der Waals surface area contributed by atoms with E-state index in [1.807, 2.05) is 6.92 Å². The quantitative estimate of drug-likeness (QED) is 0.697. The average molecular weight is 243 g/mol. The van der Waals surface area contributed by atoms with Gasteiger partial charge in [-0.05, 0) is 38.2 Å². The van der Waals surface area contributed by atoms with Crippen LogP contribution in [-0.4, -0.2) is 28.1 Å². The van der Waals surface area contributed by atoms with Crippen LogP contribution in [0, 0.1) is 0 Å². The standard InChI is InChI=1S/C10H17N3O2S/c1-8(11)7-13-9-3-5-10(6-4-9)16(14,15)12-2/h3-6,8,12-13H,7,11H2,1-2H3. The Labute approximate surface area is 96.1 Å². The minimum atomic E-state index is -3.35. The molecule has 0 amide bonds. The van der Waals surface area contributed by atoms with Crippen molar-refractivity contribution in [1.29, 1.82) is 0 Å². The molecule has 4 N–H and O–H groups in total. The molecule has 0 aliphatic carbocycles. The van der Waals surface area contributed by atoms with Gasteiger partial charge in [0.1, 0.15) is 0 Å². The fraction of sp³-hybridized carbons (Fsp3) is 0.400. The third-order valence-electron chi connectivity index (χ3n) is 2.06. The number of hydrogen-bond donors (Lipinski definition) is 3. The van der Waals surface area contributed by atoms with Crippen LogP contribution < -0.4 is 15.8 Å². The van der Waals surface area contributed by atoms with Gasteiger partial charge in [-0.1, -0.05) is 0 Å². The third kappa shape index (κ3) is 3.48. The normalized spacial score (nSPS) is 13.4. The van der Waals surface area contributed by atoms with Crippen LogP contribution in [0.2, 0.25) is 0 Å². The Kier molecular flexibility index (Phi) is 4.28. The Morgan fingerprint density at radius 2 is 1.88 bits per heavy atom. The minimum absolute atomic E-state index is 0.0562. The monoisotopic (exact) mass is 243 g/mol. The van der Waals surface area contributed by atoms with Crippen LogP contribution in [0.25, 0.3) is 0 Å². The molecule has 0 aliphatic heterocycles. The Morgan fingerprint density at radius 3 is 2.31 bits per heavy atom. The van der Waals surface area contributed by atoms with Crippen LogP contribution >= 0.6 is 0 Å².